The van der Waals surface area contributed by atoms with Gasteiger partial charge >= 0.3 is 0 Å². The molecule has 3 rings (SSSR count). The average molecular weight is 504 g/mol. The Bertz CT molecular complexity index is 1100. The van der Waals surface area contributed by atoms with Crippen LogP contribution in [0, 0.1) is 0 Å². The Morgan fingerprint density at radius 3 is 2.58 bits per heavy atom. The van der Waals surface area contributed by atoms with Gasteiger partial charge in [0.2, 0.25) is 0 Å². The Labute approximate surface area is 193 Å². The van der Waals surface area contributed by atoms with Crippen LogP contribution < -0.4 is 19.6 Å². The maximum Gasteiger partial charge on any atom is 0.275 e. The van der Waals surface area contributed by atoms with Crippen molar-refractivity contribution in [3.05, 3.63) is 86.8 Å². The van der Waals surface area contributed by atoms with E-state index in [2.05, 4.69) is 26.5 Å². The zero-order valence-electron chi connectivity index (χ0n) is 16.9. The summed E-state index contributed by atoms with van der Waals surface area (Å²) in [5, 5.41) is 4.68. The molecule has 0 bridgehead atoms. The van der Waals surface area contributed by atoms with E-state index in [4.69, 9.17) is 25.8 Å². The van der Waals surface area contributed by atoms with Crippen LogP contribution >= 0.6 is 27.5 Å². The highest BCUT2D eigenvalue weighted by molar-refractivity contribution is 9.10. The number of hydrazone groups is 1. The third-order valence-corrected chi connectivity index (χ3v) is 5.32. The van der Waals surface area contributed by atoms with Crippen LogP contribution in [-0.2, 0) is 6.61 Å². The van der Waals surface area contributed by atoms with E-state index in [-0.39, 0.29) is 0 Å². The highest BCUT2D eigenvalue weighted by atomic mass is 79.9. The number of hydrogen-bond acceptors (Lipinski definition) is 5. The topological polar surface area (TPSA) is 69.2 Å². The Kier molecular flexibility index (Phi) is 7.92. The Balaban J connectivity index is 1.62. The van der Waals surface area contributed by atoms with Crippen molar-refractivity contribution < 1.29 is 19.0 Å². The van der Waals surface area contributed by atoms with Gasteiger partial charge in [0.05, 0.1) is 30.5 Å². The fourth-order valence-corrected chi connectivity index (χ4v) is 3.40. The molecular weight excluding hydrogens is 484 g/mol. The number of rotatable bonds is 8. The van der Waals surface area contributed by atoms with Crippen molar-refractivity contribution in [2.24, 2.45) is 5.10 Å². The Hall–Kier alpha value is -3.03. The molecule has 0 saturated heterocycles. The monoisotopic (exact) mass is 502 g/mol. The van der Waals surface area contributed by atoms with Gasteiger partial charge in [-0.05, 0) is 57.9 Å². The largest absolute Gasteiger partial charge is 0.497 e. The molecule has 0 radical (unpaired) electrons. The third kappa shape index (κ3) is 5.99. The lowest BCUT2D eigenvalue weighted by atomic mass is 10.2. The van der Waals surface area contributed by atoms with Crippen LogP contribution in [0.4, 0.5) is 0 Å². The van der Waals surface area contributed by atoms with E-state index in [0.29, 0.717) is 34.4 Å². The van der Waals surface area contributed by atoms with Gasteiger partial charge in [-0.2, -0.15) is 5.10 Å². The number of ether oxygens (including phenoxy) is 3. The van der Waals surface area contributed by atoms with Gasteiger partial charge in [-0.1, -0.05) is 29.8 Å². The van der Waals surface area contributed by atoms with Gasteiger partial charge in [-0.25, -0.2) is 5.43 Å². The first kappa shape index (κ1) is 22.7. The molecule has 0 aliphatic heterocycles. The maximum atomic E-state index is 12.4. The van der Waals surface area contributed by atoms with Crippen molar-refractivity contribution >= 4 is 39.7 Å². The highest BCUT2D eigenvalue weighted by Crippen LogP contribution is 2.27. The maximum absolute atomic E-state index is 12.4. The quantitative estimate of drug-likeness (QED) is 0.327. The minimum Gasteiger partial charge on any atom is -0.497 e. The molecular formula is C23H20BrClN2O4. The summed E-state index contributed by atoms with van der Waals surface area (Å²) < 4.78 is 17.0. The summed E-state index contributed by atoms with van der Waals surface area (Å²) in [6.45, 7) is 0.353. The molecule has 31 heavy (non-hydrogen) atoms. The van der Waals surface area contributed by atoms with Crippen molar-refractivity contribution in [1.82, 2.24) is 5.43 Å². The lowest BCUT2D eigenvalue weighted by Crippen LogP contribution is -2.18. The lowest BCUT2D eigenvalue weighted by molar-refractivity contribution is 0.0952. The Morgan fingerprint density at radius 1 is 1.06 bits per heavy atom. The first-order valence-electron chi connectivity index (χ1n) is 9.23. The minimum absolute atomic E-state index is 0.352. The second kappa shape index (κ2) is 10.8. The van der Waals surface area contributed by atoms with Crippen LogP contribution in [0.15, 0.2) is 70.2 Å². The summed E-state index contributed by atoms with van der Waals surface area (Å²) >= 11 is 9.65. The van der Waals surface area contributed by atoms with Crippen LogP contribution in [0.1, 0.15) is 21.5 Å². The molecule has 0 aliphatic rings. The summed E-state index contributed by atoms with van der Waals surface area (Å²) in [4.78, 5) is 12.4. The summed E-state index contributed by atoms with van der Waals surface area (Å²) in [5.41, 5.74) is 4.52. The molecule has 1 amide bonds. The Morgan fingerprint density at radius 2 is 1.87 bits per heavy atom. The van der Waals surface area contributed by atoms with Gasteiger partial charge in [-0.3, -0.25) is 4.79 Å². The van der Waals surface area contributed by atoms with E-state index < -0.39 is 5.91 Å². The minimum atomic E-state index is -0.394. The fraction of sp³-hybridized carbons (Fsp3) is 0.130. The van der Waals surface area contributed by atoms with Gasteiger partial charge in [0.15, 0.2) is 0 Å². The molecule has 0 heterocycles. The van der Waals surface area contributed by atoms with Crippen LogP contribution in [0.25, 0.3) is 0 Å². The van der Waals surface area contributed by atoms with E-state index >= 15 is 0 Å². The normalized spacial score (nSPS) is 10.7. The van der Waals surface area contributed by atoms with Crippen molar-refractivity contribution in [2.75, 3.05) is 14.2 Å². The van der Waals surface area contributed by atoms with E-state index in [9.17, 15) is 4.79 Å². The number of amides is 1. The molecule has 0 spiro atoms. The number of hydrogen-bond donors (Lipinski definition) is 1. The smallest absolute Gasteiger partial charge is 0.275 e. The van der Waals surface area contributed by atoms with Crippen molar-refractivity contribution in [2.45, 2.75) is 6.61 Å². The predicted molar refractivity (Wildman–Crippen MR) is 125 cm³/mol. The van der Waals surface area contributed by atoms with E-state index in [1.54, 1.807) is 25.3 Å². The van der Waals surface area contributed by atoms with Gasteiger partial charge in [0.1, 0.15) is 23.9 Å². The number of carbonyl (C=O) groups is 1. The molecule has 3 aromatic carbocycles. The molecule has 160 valence electrons. The number of halogens is 2. The summed E-state index contributed by atoms with van der Waals surface area (Å²) in [5.74, 6) is 1.27. The number of nitrogens with zero attached hydrogens (tertiary/aromatic N) is 1. The van der Waals surface area contributed by atoms with E-state index in [1.165, 1.54) is 13.3 Å². The molecule has 0 atom stereocenters. The average Bonchev–Trinajstić information content (AvgIpc) is 2.79. The fourth-order valence-electron chi connectivity index (χ4n) is 2.70. The predicted octanol–water partition coefficient (Wildman–Crippen LogP) is 5.46. The molecule has 0 aromatic heterocycles. The zero-order chi connectivity index (χ0) is 22.2. The van der Waals surface area contributed by atoms with Crippen molar-refractivity contribution in [1.29, 1.82) is 0 Å². The summed E-state index contributed by atoms with van der Waals surface area (Å²) in [6.07, 6.45) is 1.54. The molecule has 8 heteroatoms. The summed E-state index contributed by atoms with van der Waals surface area (Å²) in [7, 11) is 3.03. The van der Waals surface area contributed by atoms with Gasteiger partial charge in [0, 0.05) is 16.7 Å². The molecule has 3 aromatic rings. The lowest BCUT2D eigenvalue weighted by Gasteiger charge is -2.10. The first-order valence-corrected chi connectivity index (χ1v) is 10.4. The van der Waals surface area contributed by atoms with Crippen LogP contribution in [0.5, 0.6) is 17.2 Å². The zero-order valence-corrected chi connectivity index (χ0v) is 19.2. The van der Waals surface area contributed by atoms with Crippen LogP contribution in [0.2, 0.25) is 5.02 Å². The number of benzene rings is 3. The molecule has 0 unspecified atom stereocenters. The van der Waals surface area contributed by atoms with Crippen molar-refractivity contribution in [3.8, 4) is 17.2 Å². The number of carbonyl (C=O) groups excluding carboxylic acids is 1. The number of methoxy groups -OCH3 is 2. The second-order valence-corrected chi connectivity index (χ2v) is 7.60. The van der Waals surface area contributed by atoms with Gasteiger partial charge in [0.25, 0.3) is 5.91 Å². The number of nitrogens with one attached hydrogen (secondary N) is 1. The molecule has 1 N–H and O–H groups in total. The standard InChI is InChI=1S/C23H20BrClN2O4/c1-29-17-8-9-18(22(12-17)30-2)23(28)27-26-13-15-7-10-21(19(24)11-15)31-14-16-5-3-4-6-20(16)25/h3-13H,14H2,1-2H3,(H,27,28)/b26-13-. The van der Waals surface area contributed by atoms with Gasteiger partial charge in [-0.15, -0.1) is 0 Å². The molecule has 0 aliphatic carbocycles. The van der Waals surface area contributed by atoms with E-state index in [0.717, 1.165) is 15.6 Å². The van der Waals surface area contributed by atoms with Gasteiger partial charge < -0.3 is 14.2 Å². The first-order chi connectivity index (χ1) is 15.0. The SMILES string of the molecule is COc1ccc(C(=O)N/N=C\c2ccc(OCc3ccccc3Cl)c(Br)c2)c(OC)c1. The van der Waals surface area contributed by atoms with Crippen LogP contribution in [0.3, 0.4) is 0 Å². The second-order valence-electron chi connectivity index (χ2n) is 6.34. The van der Waals surface area contributed by atoms with Crippen molar-refractivity contribution in [3.63, 3.8) is 0 Å². The molecule has 0 fully saturated rings. The molecule has 6 nitrogen and oxygen atoms in total. The van der Waals surface area contributed by atoms with Crippen LogP contribution in [-0.4, -0.2) is 26.3 Å². The molecule has 0 saturated carbocycles. The summed E-state index contributed by atoms with van der Waals surface area (Å²) in [6, 6.07) is 17.9. The third-order valence-electron chi connectivity index (χ3n) is 4.33. The highest BCUT2D eigenvalue weighted by Gasteiger charge is 2.12. The van der Waals surface area contributed by atoms with E-state index in [1.807, 2.05) is 42.5 Å².